The van der Waals surface area contributed by atoms with E-state index in [0.29, 0.717) is 12.1 Å². The van der Waals surface area contributed by atoms with Crippen LogP contribution < -0.4 is 11.1 Å². The highest BCUT2D eigenvalue weighted by atomic mass is 79.9. The van der Waals surface area contributed by atoms with Crippen molar-refractivity contribution in [2.75, 3.05) is 0 Å². The van der Waals surface area contributed by atoms with Gasteiger partial charge in [-0.05, 0) is 30.5 Å². The fraction of sp³-hybridized carbons (Fsp3) is 0.333. The minimum absolute atomic E-state index is 0.290. The van der Waals surface area contributed by atoms with Crippen molar-refractivity contribution in [3.8, 4) is 6.07 Å². The van der Waals surface area contributed by atoms with Gasteiger partial charge in [-0.15, -0.1) is 0 Å². The van der Waals surface area contributed by atoms with Gasteiger partial charge >= 0.3 is 0 Å². The van der Waals surface area contributed by atoms with Gasteiger partial charge in [0.1, 0.15) is 0 Å². The van der Waals surface area contributed by atoms with Gasteiger partial charge < -0.3 is 5.73 Å². The van der Waals surface area contributed by atoms with Crippen LogP contribution in [0.2, 0.25) is 0 Å². The van der Waals surface area contributed by atoms with E-state index in [0.717, 1.165) is 22.9 Å². The zero-order valence-electron chi connectivity index (χ0n) is 9.16. The predicted octanol–water partition coefficient (Wildman–Crippen LogP) is 1.43. The topological polar surface area (TPSA) is 78.9 Å². The molecule has 0 bridgehead atoms. The Kier molecular flexibility index (Phi) is 3.18. The molecule has 3 N–H and O–H groups in total. The molecule has 2 rings (SSSR count). The van der Waals surface area contributed by atoms with Crippen molar-refractivity contribution in [3.05, 3.63) is 33.8 Å². The molecule has 0 unspecified atom stereocenters. The largest absolute Gasteiger partial charge is 0.368 e. The van der Waals surface area contributed by atoms with Gasteiger partial charge in [-0.3, -0.25) is 10.1 Å². The molecule has 1 amide bonds. The van der Waals surface area contributed by atoms with Crippen molar-refractivity contribution >= 4 is 21.8 Å². The second-order valence-corrected chi connectivity index (χ2v) is 5.07. The Morgan fingerprint density at radius 2 is 2.29 bits per heavy atom. The molecule has 0 heterocycles. The van der Waals surface area contributed by atoms with E-state index in [9.17, 15) is 4.79 Å². The van der Waals surface area contributed by atoms with Crippen LogP contribution in [0.5, 0.6) is 0 Å². The highest BCUT2D eigenvalue weighted by Gasteiger charge is 2.47. The molecule has 17 heavy (non-hydrogen) atoms. The summed E-state index contributed by atoms with van der Waals surface area (Å²) in [5, 5.41) is 11.9. The van der Waals surface area contributed by atoms with Gasteiger partial charge in [-0.25, -0.2) is 0 Å². The van der Waals surface area contributed by atoms with Crippen molar-refractivity contribution in [1.82, 2.24) is 5.32 Å². The van der Waals surface area contributed by atoms with Crippen LogP contribution in [-0.2, 0) is 11.3 Å². The van der Waals surface area contributed by atoms with E-state index in [2.05, 4.69) is 27.3 Å². The molecule has 5 heteroatoms. The van der Waals surface area contributed by atoms with Crippen molar-refractivity contribution < 1.29 is 4.79 Å². The SMILES string of the molecule is N#Cc1ccc(CNC2(C(N)=O)CC2)c(Br)c1. The Labute approximate surface area is 108 Å². The Bertz CT molecular complexity index is 503. The number of halogens is 1. The Hall–Kier alpha value is -1.38. The van der Waals surface area contributed by atoms with Crippen LogP contribution in [0.4, 0.5) is 0 Å². The maximum absolute atomic E-state index is 11.2. The number of carbonyl (C=O) groups excluding carboxylic acids is 1. The van der Waals surface area contributed by atoms with Gasteiger partial charge in [0.2, 0.25) is 5.91 Å². The van der Waals surface area contributed by atoms with Crippen molar-refractivity contribution in [3.63, 3.8) is 0 Å². The number of nitrogens with two attached hydrogens (primary N) is 1. The highest BCUT2D eigenvalue weighted by Crippen LogP contribution is 2.35. The molecule has 0 aromatic heterocycles. The molecule has 0 radical (unpaired) electrons. The van der Waals surface area contributed by atoms with E-state index in [1.165, 1.54) is 0 Å². The summed E-state index contributed by atoms with van der Waals surface area (Å²) in [6.45, 7) is 0.565. The third kappa shape index (κ3) is 2.48. The summed E-state index contributed by atoms with van der Waals surface area (Å²) in [6, 6.07) is 7.46. The van der Waals surface area contributed by atoms with E-state index in [1.807, 2.05) is 6.07 Å². The molecule has 0 saturated heterocycles. The molecule has 1 saturated carbocycles. The van der Waals surface area contributed by atoms with E-state index >= 15 is 0 Å². The van der Waals surface area contributed by atoms with Gasteiger partial charge in [0.05, 0.1) is 17.2 Å². The molecule has 1 fully saturated rings. The van der Waals surface area contributed by atoms with Crippen LogP contribution in [0.1, 0.15) is 24.0 Å². The summed E-state index contributed by atoms with van der Waals surface area (Å²) in [4.78, 5) is 11.2. The average molecular weight is 294 g/mol. The first kappa shape index (κ1) is 12.1. The van der Waals surface area contributed by atoms with Gasteiger partial charge in [0, 0.05) is 11.0 Å². The smallest absolute Gasteiger partial charge is 0.237 e. The lowest BCUT2D eigenvalue weighted by atomic mass is 10.1. The number of benzene rings is 1. The van der Waals surface area contributed by atoms with Crippen molar-refractivity contribution in [1.29, 1.82) is 5.26 Å². The predicted molar refractivity (Wildman–Crippen MR) is 66.9 cm³/mol. The van der Waals surface area contributed by atoms with E-state index in [1.54, 1.807) is 12.1 Å². The van der Waals surface area contributed by atoms with Crippen LogP contribution in [0, 0.1) is 11.3 Å². The molecular weight excluding hydrogens is 282 g/mol. The summed E-state index contributed by atoms with van der Waals surface area (Å²) >= 11 is 3.41. The lowest BCUT2D eigenvalue weighted by Crippen LogP contribution is -2.43. The van der Waals surface area contributed by atoms with Crippen LogP contribution in [-0.4, -0.2) is 11.4 Å². The van der Waals surface area contributed by atoms with Crippen molar-refractivity contribution in [2.24, 2.45) is 5.73 Å². The molecule has 1 aromatic carbocycles. The Morgan fingerprint density at radius 3 is 2.76 bits per heavy atom. The second kappa shape index (κ2) is 4.47. The fourth-order valence-electron chi connectivity index (χ4n) is 1.66. The summed E-state index contributed by atoms with van der Waals surface area (Å²) in [6.07, 6.45) is 1.60. The number of nitrogens with one attached hydrogen (secondary N) is 1. The number of rotatable bonds is 4. The molecule has 1 aliphatic carbocycles. The number of hydrogen-bond donors (Lipinski definition) is 2. The summed E-state index contributed by atoms with van der Waals surface area (Å²) < 4.78 is 0.865. The first-order valence-electron chi connectivity index (χ1n) is 5.31. The number of hydrogen-bond acceptors (Lipinski definition) is 3. The van der Waals surface area contributed by atoms with Crippen LogP contribution in [0.15, 0.2) is 22.7 Å². The number of nitriles is 1. The molecule has 4 nitrogen and oxygen atoms in total. The third-order valence-electron chi connectivity index (χ3n) is 3.02. The van der Waals surface area contributed by atoms with Crippen LogP contribution in [0.3, 0.4) is 0 Å². The highest BCUT2D eigenvalue weighted by molar-refractivity contribution is 9.10. The number of nitrogens with zero attached hydrogens (tertiary/aromatic N) is 1. The van der Waals surface area contributed by atoms with E-state index in [4.69, 9.17) is 11.0 Å². The molecule has 0 atom stereocenters. The molecule has 0 spiro atoms. The number of primary amides is 1. The summed E-state index contributed by atoms with van der Waals surface area (Å²) in [5.74, 6) is -0.290. The number of amides is 1. The van der Waals surface area contributed by atoms with E-state index in [-0.39, 0.29) is 5.91 Å². The van der Waals surface area contributed by atoms with Gasteiger partial charge in [0.25, 0.3) is 0 Å². The minimum atomic E-state index is -0.507. The zero-order valence-corrected chi connectivity index (χ0v) is 10.8. The molecule has 0 aliphatic heterocycles. The van der Waals surface area contributed by atoms with Crippen molar-refractivity contribution in [2.45, 2.75) is 24.9 Å². The Morgan fingerprint density at radius 1 is 1.59 bits per heavy atom. The molecule has 88 valence electrons. The van der Waals surface area contributed by atoms with E-state index < -0.39 is 5.54 Å². The molecular formula is C12H12BrN3O. The molecule has 1 aromatic rings. The lowest BCUT2D eigenvalue weighted by molar-refractivity contribution is -0.121. The van der Waals surface area contributed by atoms with Gasteiger partial charge in [0.15, 0.2) is 0 Å². The Balaban J connectivity index is 2.05. The fourth-order valence-corrected chi connectivity index (χ4v) is 2.18. The summed E-state index contributed by atoms with van der Waals surface area (Å²) in [5.41, 5.74) is 6.44. The first-order chi connectivity index (χ1) is 8.07. The van der Waals surface area contributed by atoms with Gasteiger partial charge in [-0.2, -0.15) is 5.26 Å². The first-order valence-corrected chi connectivity index (χ1v) is 6.10. The zero-order chi connectivity index (χ0) is 12.5. The minimum Gasteiger partial charge on any atom is -0.368 e. The maximum Gasteiger partial charge on any atom is 0.237 e. The lowest BCUT2D eigenvalue weighted by Gasteiger charge is -2.14. The van der Waals surface area contributed by atoms with Crippen LogP contribution >= 0.6 is 15.9 Å². The molecule has 1 aliphatic rings. The van der Waals surface area contributed by atoms with Crippen LogP contribution in [0.25, 0.3) is 0 Å². The number of carbonyl (C=O) groups is 1. The normalized spacial score (nSPS) is 16.2. The average Bonchev–Trinajstić information content (AvgIpc) is 3.08. The van der Waals surface area contributed by atoms with Gasteiger partial charge in [-0.1, -0.05) is 22.0 Å². The summed E-state index contributed by atoms with van der Waals surface area (Å²) in [7, 11) is 0. The standard InChI is InChI=1S/C12H12BrN3O/c13-10-5-8(6-14)1-2-9(10)7-16-12(3-4-12)11(15)17/h1-2,5,16H,3-4,7H2,(H2,15,17). The quantitative estimate of drug-likeness (QED) is 0.881. The second-order valence-electron chi connectivity index (χ2n) is 4.22. The maximum atomic E-state index is 11.2. The third-order valence-corrected chi connectivity index (χ3v) is 3.76. The monoisotopic (exact) mass is 293 g/mol.